The fourth-order valence-corrected chi connectivity index (χ4v) is 1.94. The molecule has 3 nitrogen and oxygen atoms in total. The van der Waals surface area contributed by atoms with E-state index in [-0.39, 0.29) is 0 Å². The summed E-state index contributed by atoms with van der Waals surface area (Å²) in [6, 6.07) is 2.56. The van der Waals surface area contributed by atoms with Crippen molar-refractivity contribution in [2.24, 2.45) is 0 Å². The molecule has 0 aliphatic carbocycles. The molecule has 0 aliphatic rings. The maximum atomic E-state index is 5.81. The second-order valence-electron chi connectivity index (χ2n) is 5.47. The number of furan rings is 1. The van der Waals surface area contributed by atoms with Crippen LogP contribution in [0.15, 0.2) is 10.5 Å². The van der Waals surface area contributed by atoms with Crippen molar-refractivity contribution in [3.8, 4) is 0 Å². The summed E-state index contributed by atoms with van der Waals surface area (Å²) in [4.78, 5) is 0. The Morgan fingerprint density at radius 2 is 2.05 bits per heavy atom. The molecule has 0 unspecified atom stereocenters. The molecule has 1 N–H and O–H groups in total. The summed E-state index contributed by atoms with van der Waals surface area (Å²) in [6.45, 7) is 10.8. The zero-order valence-electron chi connectivity index (χ0n) is 12.9. The third-order valence-electron chi connectivity index (χ3n) is 3.13. The SMILES string of the molecule is CCCCCCOCc1cc(C)c(CNC(C)C)o1. The van der Waals surface area contributed by atoms with Gasteiger partial charge in [-0.3, -0.25) is 0 Å². The number of aryl methyl sites for hydroxylation is 1. The molecule has 0 spiro atoms. The first-order valence-electron chi connectivity index (χ1n) is 7.52. The first-order valence-corrected chi connectivity index (χ1v) is 7.52. The molecule has 0 aliphatic heterocycles. The zero-order valence-corrected chi connectivity index (χ0v) is 12.9. The number of unbranched alkanes of at least 4 members (excludes halogenated alkanes) is 3. The van der Waals surface area contributed by atoms with Gasteiger partial charge in [0.15, 0.2) is 0 Å². The van der Waals surface area contributed by atoms with E-state index in [1.165, 1.54) is 24.8 Å². The molecule has 1 aromatic heterocycles. The Balaban J connectivity index is 2.25. The van der Waals surface area contributed by atoms with Crippen LogP contribution in [0.2, 0.25) is 0 Å². The summed E-state index contributed by atoms with van der Waals surface area (Å²) in [5.74, 6) is 1.96. The van der Waals surface area contributed by atoms with Crippen molar-refractivity contribution in [3.05, 3.63) is 23.2 Å². The molecule has 0 saturated heterocycles. The van der Waals surface area contributed by atoms with Gasteiger partial charge in [-0.15, -0.1) is 0 Å². The first kappa shape index (κ1) is 16.3. The average molecular weight is 267 g/mol. The first-order chi connectivity index (χ1) is 9.13. The van der Waals surface area contributed by atoms with E-state index in [9.17, 15) is 0 Å². The van der Waals surface area contributed by atoms with Crippen molar-refractivity contribution in [2.75, 3.05) is 6.61 Å². The van der Waals surface area contributed by atoms with E-state index in [4.69, 9.17) is 9.15 Å². The molecule has 1 aromatic rings. The number of ether oxygens (including phenoxy) is 1. The quantitative estimate of drug-likeness (QED) is 0.646. The number of rotatable bonds is 10. The maximum absolute atomic E-state index is 5.81. The Kier molecular flexibility index (Phi) is 7.84. The van der Waals surface area contributed by atoms with Crippen LogP contribution in [0.4, 0.5) is 0 Å². The standard InChI is InChI=1S/C16H29NO2/c1-5-6-7-8-9-18-12-15-10-14(4)16(19-15)11-17-13(2)3/h10,13,17H,5-9,11-12H2,1-4H3. The molecule has 0 radical (unpaired) electrons. The molecule has 1 heterocycles. The molecule has 19 heavy (non-hydrogen) atoms. The summed E-state index contributed by atoms with van der Waals surface area (Å²) < 4.78 is 11.5. The number of hydrogen-bond donors (Lipinski definition) is 1. The minimum atomic E-state index is 0.475. The lowest BCUT2D eigenvalue weighted by Crippen LogP contribution is -2.21. The molecule has 0 fully saturated rings. The predicted molar refractivity (Wildman–Crippen MR) is 79.2 cm³/mol. The van der Waals surface area contributed by atoms with E-state index in [1.54, 1.807) is 0 Å². The van der Waals surface area contributed by atoms with Crippen LogP contribution in [0.25, 0.3) is 0 Å². The Hall–Kier alpha value is -0.800. The van der Waals surface area contributed by atoms with Crippen molar-refractivity contribution < 1.29 is 9.15 Å². The molecular weight excluding hydrogens is 238 g/mol. The molecule has 110 valence electrons. The minimum Gasteiger partial charge on any atom is -0.462 e. The van der Waals surface area contributed by atoms with Crippen molar-refractivity contribution >= 4 is 0 Å². The smallest absolute Gasteiger partial charge is 0.130 e. The topological polar surface area (TPSA) is 34.4 Å². The zero-order chi connectivity index (χ0) is 14.1. The lowest BCUT2D eigenvalue weighted by molar-refractivity contribution is 0.101. The van der Waals surface area contributed by atoms with Gasteiger partial charge in [-0.25, -0.2) is 0 Å². The average Bonchev–Trinajstić information content (AvgIpc) is 2.72. The summed E-state index contributed by atoms with van der Waals surface area (Å²) in [6.07, 6.45) is 4.98. The Morgan fingerprint density at radius 1 is 1.26 bits per heavy atom. The highest BCUT2D eigenvalue weighted by Crippen LogP contribution is 2.15. The Labute approximate surface area is 117 Å². The maximum Gasteiger partial charge on any atom is 0.130 e. The van der Waals surface area contributed by atoms with Gasteiger partial charge in [0.25, 0.3) is 0 Å². The van der Waals surface area contributed by atoms with Crippen LogP contribution in [-0.2, 0) is 17.9 Å². The predicted octanol–water partition coefficient (Wildman–Crippen LogP) is 4.18. The van der Waals surface area contributed by atoms with Crippen LogP contribution in [0.1, 0.15) is 63.5 Å². The van der Waals surface area contributed by atoms with E-state index in [1.807, 2.05) is 0 Å². The van der Waals surface area contributed by atoms with Crippen molar-refractivity contribution in [1.29, 1.82) is 0 Å². The Morgan fingerprint density at radius 3 is 2.74 bits per heavy atom. The summed E-state index contributed by atoms with van der Waals surface area (Å²) in [5, 5.41) is 3.37. The van der Waals surface area contributed by atoms with E-state index in [0.29, 0.717) is 12.6 Å². The molecule has 0 bridgehead atoms. The fourth-order valence-electron chi connectivity index (χ4n) is 1.94. The van der Waals surface area contributed by atoms with E-state index in [0.717, 1.165) is 31.1 Å². The van der Waals surface area contributed by atoms with Gasteiger partial charge >= 0.3 is 0 Å². The second kappa shape index (κ2) is 9.16. The fraction of sp³-hybridized carbons (Fsp3) is 0.750. The Bertz CT molecular complexity index is 345. The van der Waals surface area contributed by atoms with E-state index >= 15 is 0 Å². The van der Waals surface area contributed by atoms with E-state index in [2.05, 4.69) is 39.1 Å². The van der Waals surface area contributed by atoms with Crippen LogP contribution < -0.4 is 5.32 Å². The van der Waals surface area contributed by atoms with Gasteiger partial charge in [0.05, 0.1) is 6.54 Å². The highest BCUT2D eigenvalue weighted by Gasteiger charge is 2.08. The van der Waals surface area contributed by atoms with Crippen molar-refractivity contribution in [3.63, 3.8) is 0 Å². The van der Waals surface area contributed by atoms with Crippen LogP contribution in [0.5, 0.6) is 0 Å². The van der Waals surface area contributed by atoms with Crippen molar-refractivity contribution in [1.82, 2.24) is 5.32 Å². The number of hydrogen-bond acceptors (Lipinski definition) is 3. The molecule has 0 saturated carbocycles. The molecule has 0 atom stereocenters. The summed E-state index contributed by atoms with van der Waals surface area (Å²) in [5.41, 5.74) is 1.21. The largest absolute Gasteiger partial charge is 0.462 e. The molecule has 1 rings (SSSR count). The van der Waals surface area contributed by atoms with Gasteiger partial charge in [0.1, 0.15) is 18.1 Å². The van der Waals surface area contributed by atoms with Gasteiger partial charge in [-0.2, -0.15) is 0 Å². The minimum absolute atomic E-state index is 0.475. The van der Waals surface area contributed by atoms with E-state index < -0.39 is 0 Å². The van der Waals surface area contributed by atoms with Crippen molar-refractivity contribution in [2.45, 2.75) is 72.6 Å². The molecule has 0 aromatic carbocycles. The van der Waals surface area contributed by atoms with Gasteiger partial charge in [0, 0.05) is 12.6 Å². The number of nitrogens with one attached hydrogen (secondary N) is 1. The monoisotopic (exact) mass is 267 g/mol. The van der Waals surface area contributed by atoms with Crippen LogP contribution in [-0.4, -0.2) is 12.6 Å². The summed E-state index contributed by atoms with van der Waals surface area (Å²) >= 11 is 0. The van der Waals surface area contributed by atoms with Crippen LogP contribution in [0, 0.1) is 6.92 Å². The summed E-state index contributed by atoms with van der Waals surface area (Å²) in [7, 11) is 0. The van der Waals surface area contributed by atoms with Crippen LogP contribution >= 0.6 is 0 Å². The van der Waals surface area contributed by atoms with Crippen LogP contribution in [0.3, 0.4) is 0 Å². The van der Waals surface area contributed by atoms with Gasteiger partial charge < -0.3 is 14.5 Å². The molecular formula is C16H29NO2. The normalized spacial score (nSPS) is 11.4. The van der Waals surface area contributed by atoms with Gasteiger partial charge in [-0.05, 0) is 25.0 Å². The van der Waals surface area contributed by atoms with Gasteiger partial charge in [-0.1, -0.05) is 40.0 Å². The lowest BCUT2D eigenvalue weighted by Gasteiger charge is -2.06. The highest BCUT2D eigenvalue weighted by atomic mass is 16.5. The third-order valence-corrected chi connectivity index (χ3v) is 3.13. The second-order valence-corrected chi connectivity index (χ2v) is 5.47. The van der Waals surface area contributed by atoms with Gasteiger partial charge in [0.2, 0.25) is 0 Å². The molecule has 3 heteroatoms. The highest BCUT2D eigenvalue weighted by molar-refractivity contribution is 5.19. The third kappa shape index (κ3) is 6.79. The molecule has 0 amide bonds. The lowest BCUT2D eigenvalue weighted by atomic mass is 10.2.